The van der Waals surface area contributed by atoms with Crippen LogP contribution in [0, 0.1) is 20.8 Å². The highest BCUT2D eigenvalue weighted by atomic mass is 16.3. The van der Waals surface area contributed by atoms with Crippen molar-refractivity contribution in [1.82, 2.24) is 0 Å². The summed E-state index contributed by atoms with van der Waals surface area (Å²) in [5, 5.41) is 11.8. The molecule has 2 N–H and O–H groups in total. The van der Waals surface area contributed by atoms with Gasteiger partial charge in [0.1, 0.15) is 0 Å². The van der Waals surface area contributed by atoms with Gasteiger partial charge in [-0.25, -0.2) is 0 Å². The minimum Gasteiger partial charge on any atom is -0.495 e. The van der Waals surface area contributed by atoms with Crippen LogP contribution in [-0.4, -0.2) is 5.11 Å². The molecule has 0 atom stereocenters. The first-order valence-electron chi connectivity index (χ1n) is 4.23. The molecule has 0 fully saturated rings. The zero-order valence-electron chi connectivity index (χ0n) is 8.31. The minimum atomic E-state index is -0.0219. The maximum atomic E-state index is 8.98. The molecule has 0 saturated heterocycles. The second-order valence-electron chi connectivity index (χ2n) is 3.32. The molecule has 0 aliphatic carbocycles. The fraction of sp³-hybridized carbons (Fsp3) is 0.273. The lowest BCUT2D eigenvalue weighted by molar-refractivity contribution is 0.422. The van der Waals surface area contributed by atoms with Crippen LogP contribution in [0.1, 0.15) is 16.7 Å². The predicted molar refractivity (Wildman–Crippen MR) is 56.0 cm³/mol. The smallest absolute Gasteiger partial charge is 0.181 e. The fourth-order valence-electron chi connectivity index (χ4n) is 1.25. The molecule has 0 radical (unpaired) electrons. The molecular weight excluding hydrogens is 162 g/mol. The Morgan fingerprint density at radius 3 is 2.23 bits per heavy atom. The highest BCUT2D eigenvalue weighted by molar-refractivity contribution is 5.56. The maximum absolute atomic E-state index is 8.98. The summed E-state index contributed by atoms with van der Waals surface area (Å²) >= 11 is 0. The van der Waals surface area contributed by atoms with E-state index in [1.807, 2.05) is 19.9 Å². The van der Waals surface area contributed by atoms with Crippen molar-refractivity contribution < 1.29 is 5.11 Å². The monoisotopic (exact) mass is 177 g/mol. The van der Waals surface area contributed by atoms with Crippen LogP contribution >= 0.6 is 0 Å². The molecule has 0 saturated carbocycles. The van der Waals surface area contributed by atoms with Gasteiger partial charge in [0.2, 0.25) is 0 Å². The molecule has 0 spiro atoms. The summed E-state index contributed by atoms with van der Waals surface area (Å²) in [4.78, 5) is 0. The molecule has 0 heterocycles. The van der Waals surface area contributed by atoms with Crippen LogP contribution in [0.25, 0.3) is 0 Å². The van der Waals surface area contributed by atoms with Gasteiger partial charge in [-0.3, -0.25) is 0 Å². The lowest BCUT2D eigenvalue weighted by Gasteiger charge is -2.10. The van der Waals surface area contributed by atoms with E-state index in [0.29, 0.717) is 0 Å². The Balaban J connectivity index is 3.08. The Bertz CT molecular complexity index is 342. The third-order valence-corrected chi connectivity index (χ3v) is 2.12. The van der Waals surface area contributed by atoms with Crippen LogP contribution in [0.2, 0.25) is 0 Å². The van der Waals surface area contributed by atoms with Gasteiger partial charge in [0, 0.05) is 5.69 Å². The number of nitrogens with one attached hydrogen (secondary N) is 1. The van der Waals surface area contributed by atoms with E-state index in [-0.39, 0.29) is 5.88 Å². The second kappa shape index (κ2) is 3.52. The van der Waals surface area contributed by atoms with Crippen LogP contribution in [0.4, 0.5) is 5.69 Å². The number of aliphatic hydroxyl groups excluding tert-OH is 1. The molecule has 0 unspecified atom stereocenters. The molecule has 0 aromatic heterocycles. The summed E-state index contributed by atoms with van der Waals surface area (Å²) < 4.78 is 0. The lowest BCUT2D eigenvalue weighted by atomic mass is 10.1. The first-order chi connectivity index (χ1) is 6.00. The van der Waals surface area contributed by atoms with Crippen molar-refractivity contribution >= 4 is 5.69 Å². The average molecular weight is 177 g/mol. The molecule has 0 bridgehead atoms. The molecule has 0 aliphatic rings. The van der Waals surface area contributed by atoms with Gasteiger partial charge in [-0.2, -0.15) is 0 Å². The topological polar surface area (TPSA) is 32.3 Å². The predicted octanol–water partition coefficient (Wildman–Crippen LogP) is 3.05. The van der Waals surface area contributed by atoms with E-state index >= 15 is 0 Å². The lowest BCUT2D eigenvalue weighted by Crippen LogP contribution is -1.99. The highest BCUT2D eigenvalue weighted by Gasteiger charge is 2.01. The molecule has 1 aromatic carbocycles. The Labute approximate surface area is 78.9 Å². The molecule has 2 heteroatoms. The number of aryl methyl sites for hydroxylation is 3. The summed E-state index contributed by atoms with van der Waals surface area (Å²) in [6.45, 7) is 9.50. The van der Waals surface area contributed by atoms with Crippen LogP contribution < -0.4 is 5.32 Å². The molecule has 1 aromatic rings. The SMILES string of the molecule is C=C(O)Nc1cc(C)c(C)cc1C. The van der Waals surface area contributed by atoms with Gasteiger partial charge in [0.15, 0.2) is 5.88 Å². The third-order valence-electron chi connectivity index (χ3n) is 2.12. The van der Waals surface area contributed by atoms with Gasteiger partial charge >= 0.3 is 0 Å². The van der Waals surface area contributed by atoms with E-state index in [2.05, 4.69) is 24.9 Å². The van der Waals surface area contributed by atoms with Crippen molar-refractivity contribution in [3.05, 3.63) is 41.3 Å². The molecule has 1 rings (SSSR count). The van der Waals surface area contributed by atoms with Crippen molar-refractivity contribution in [3.63, 3.8) is 0 Å². The van der Waals surface area contributed by atoms with Gasteiger partial charge in [-0.15, -0.1) is 0 Å². The van der Waals surface area contributed by atoms with E-state index in [4.69, 9.17) is 5.11 Å². The van der Waals surface area contributed by atoms with Crippen molar-refractivity contribution in [2.75, 3.05) is 5.32 Å². The molecule has 13 heavy (non-hydrogen) atoms. The van der Waals surface area contributed by atoms with Gasteiger partial charge in [-0.1, -0.05) is 6.07 Å². The minimum absolute atomic E-state index is 0.0219. The zero-order chi connectivity index (χ0) is 10.0. The molecule has 2 nitrogen and oxygen atoms in total. The summed E-state index contributed by atoms with van der Waals surface area (Å²) in [5.74, 6) is -0.0219. The second-order valence-corrected chi connectivity index (χ2v) is 3.32. The van der Waals surface area contributed by atoms with Crippen molar-refractivity contribution in [2.45, 2.75) is 20.8 Å². The third kappa shape index (κ3) is 2.25. The van der Waals surface area contributed by atoms with E-state index in [1.165, 1.54) is 11.1 Å². The number of hydrogen-bond donors (Lipinski definition) is 2. The van der Waals surface area contributed by atoms with Gasteiger partial charge in [0.25, 0.3) is 0 Å². The van der Waals surface area contributed by atoms with Gasteiger partial charge in [0.05, 0.1) is 0 Å². The molecule has 0 aliphatic heterocycles. The van der Waals surface area contributed by atoms with Gasteiger partial charge < -0.3 is 10.4 Å². The molecular formula is C11H15NO. The van der Waals surface area contributed by atoms with Crippen molar-refractivity contribution in [3.8, 4) is 0 Å². The van der Waals surface area contributed by atoms with Crippen LogP contribution in [0.3, 0.4) is 0 Å². The summed E-state index contributed by atoms with van der Waals surface area (Å²) in [6, 6.07) is 4.09. The van der Waals surface area contributed by atoms with E-state index < -0.39 is 0 Å². The van der Waals surface area contributed by atoms with Gasteiger partial charge in [-0.05, 0) is 50.1 Å². The van der Waals surface area contributed by atoms with Crippen LogP contribution in [0.15, 0.2) is 24.6 Å². The van der Waals surface area contributed by atoms with Crippen LogP contribution in [0.5, 0.6) is 0 Å². The normalized spacial score (nSPS) is 9.77. The largest absolute Gasteiger partial charge is 0.495 e. The highest BCUT2D eigenvalue weighted by Crippen LogP contribution is 2.20. The first-order valence-corrected chi connectivity index (χ1v) is 4.23. The van der Waals surface area contributed by atoms with Crippen molar-refractivity contribution in [1.29, 1.82) is 0 Å². The summed E-state index contributed by atoms with van der Waals surface area (Å²) in [5.41, 5.74) is 4.48. The van der Waals surface area contributed by atoms with E-state index in [9.17, 15) is 0 Å². The quantitative estimate of drug-likeness (QED) is 0.680. The zero-order valence-corrected chi connectivity index (χ0v) is 8.31. The Morgan fingerprint density at radius 2 is 1.69 bits per heavy atom. The summed E-state index contributed by atoms with van der Waals surface area (Å²) in [6.07, 6.45) is 0. The Kier molecular flexibility index (Phi) is 2.61. The number of benzene rings is 1. The van der Waals surface area contributed by atoms with E-state index in [1.54, 1.807) is 0 Å². The number of aliphatic hydroxyl groups is 1. The Morgan fingerprint density at radius 1 is 1.15 bits per heavy atom. The molecule has 70 valence electrons. The number of hydrogen-bond acceptors (Lipinski definition) is 2. The average Bonchev–Trinajstić information content (AvgIpc) is 1.99. The standard InChI is InChI=1S/C11H15NO/c1-7-5-9(3)11(6-8(7)2)12-10(4)13/h5-6,12-13H,4H2,1-3H3. The fourth-order valence-corrected chi connectivity index (χ4v) is 1.25. The number of anilines is 1. The Hall–Kier alpha value is -1.44. The first kappa shape index (κ1) is 9.65. The molecule has 0 amide bonds. The number of rotatable bonds is 2. The van der Waals surface area contributed by atoms with Crippen LogP contribution in [-0.2, 0) is 0 Å². The van der Waals surface area contributed by atoms with Crippen molar-refractivity contribution in [2.24, 2.45) is 0 Å². The van der Waals surface area contributed by atoms with E-state index in [0.717, 1.165) is 11.3 Å². The summed E-state index contributed by atoms with van der Waals surface area (Å²) in [7, 11) is 0. The maximum Gasteiger partial charge on any atom is 0.181 e.